The van der Waals surface area contributed by atoms with Crippen LogP contribution in [-0.2, 0) is 23.2 Å². The number of ether oxygens (including phenoxy) is 1. The summed E-state index contributed by atoms with van der Waals surface area (Å²) < 4.78 is 5.69. The number of nitrogens with zero attached hydrogens (tertiary/aromatic N) is 2. The summed E-state index contributed by atoms with van der Waals surface area (Å²) in [6.07, 6.45) is 8.89. The van der Waals surface area contributed by atoms with Gasteiger partial charge in [-0.05, 0) is 44.9 Å². The molecule has 1 aromatic heterocycles. The molecule has 0 saturated heterocycles. The fraction of sp³-hybridized carbons (Fsp3) is 0.714. The monoisotopic (exact) mass is 262 g/mol. The number of fused-ring (bicyclic) bond motifs is 1. The Morgan fingerprint density at radius 2 is 1.89 bits per heavy atom. The van der Waals surface area contributed by atoms with Crippen molar-refractivity contribution in [2.45, 2.75) is 57.0 Å². The van der Waals surface area contributed by atoms with Crippen LogP contribution in [0.5, 0.6) is 0 Å². The van der Waals surface area contributed by atoms with Crippen LogP contribution < -0.4 is 11.3 Å². The Labute approximate surface area is 113 Å². The minimum absolute atomic E-state index is 0.271. The van der Waals surface area contributed by atoms with Crippen molar-refractivity contribution < 1.29 is 4.74 Å². The molecule has 2 aliphatic rings. The van der Waals surface area contributed by atoms with Gasteiger partial charge in [0, 0.05) is 18.4 Å². The highest BCUT2D eigenvalue weighted by atomic mass is 16.5. The van der Waals surface area contributed by atoms with Gasteiger partial charge in [0.2, 0.25) is 0 Å². The molecule has 0 unspecified atom stereocenters. The van der Waals surface area contributed by atoms with Crippen LogP contribution in [0, 0.1) is 0 Å². The van der Waals surface area contributed by atoms with E-state index in [4.69, 9.17) is 15.6 Å². The third-order valence-corrected chi connectivity index (χ3v) is 4.53. The minimum Gasteiger partial charge on any atom is -0.370 e. The smallest absolute Gasteiger partial charge is 0.162 e. The Balaban J connectivity index is 2.05. The van der Waals surface area contributed by atoms with Gasteiger partial charge in [-0.15, -0.1) is 0 Å². The summed E-state index contributed by atoms with van der Waals surface area (Å²) in [5.74, 6) is 7.27. The Morgan fingerprint density at radius 3 is 2.53 bits per heavy atom. The van der Waals surface area contributed by atoms with E-state index < -0.39 is 0 Å². The SMILES string of the molecule is COC1(c2nc3c(c(NN)n2)CCCCC3)CCC1. The number of anilines is 1. The van der Waals surface area contributed by atoms with E-state index in [0.29, 0.717) is 0 Å². The molecule has 2 aliphatic carbocycles. The van der Waals surface area contributed by atoms with Gasteiger partial charge in [-0.25, -0.2) is 15.8 Å². The molecule has 5 heteroatoms. The van der Waals surface area contributed by atoms with E-state index in [9.17, 15) is 0 Å². The number of aromatic nitrogens is 2. The van der Waals surface area contributed by atoms with Crippen molar-refractivity contribution in [1.82, 2.24) is 9.97 Å². The number of hydrogen-bond acceptors (Lipinski definition) is 5. The van der Waals surface area contributed by atoms with E-state index in [-0.39, 0.29) is 5.60 Å². The lowest BCUT2D eigenvalue weighted by molar-refractivity contribution is -0.0847. The standard InChI is InChI=1S/C14H22N4O/c1-19-14(8-5-9-14)13-16-11-7-4-2-3-6-10(11)12(17-13)18-15/h2-9,15H2,1H3,(H,16,17,18). The maximum absolute atomic E-state index is 5.69. The first kappa shape index (κ1) is 12.8. The highest BCUT2D eigenvalue weighted by Gasteiger charge is 2.42. The third kappa shape index (κ3) is 2.11. The van der Waals surface area contributed by atoms with E-state index in [0.717, 1.165) is 37.3 Å². The minimum atomic E-state index is -0.271. The van der Waals surface area contributed by atoms with Crippen LogP contribution in [0.1, 0.15) is 55.6 Å². The van der Waals surface area contributed by atoms with Crippen LogP contribution in [0.4, 0.5) is 5.82 Å². The molecule has 19 heavy (non-hydrogen) atoms. The number of hydrogen-bond donors (Lipinski definition) is 2. The molecule has 0 radical (unpaired) electrons. The summed E-state index contributed by atoms with van der Waals surface area (Å²) in [5.41, 5.74) is 4.86. The molecule has 1 fully saturated rings. The van der Waals surface area contributed by atoms with Gasteiger partial charge in [-0.1, -0.05) is 6.42 Å². The average Bonchev–Trinajstić information content (AvgIpc) is 2.62. The van der Waals surface area contributed by atoms with Crippen LogP contribution in [0.15, 0.2) is 0 Å². The Morgan fingerprint density at radius 1 is 1.11 bits per heavy atom. The van der Waals surface area contributed by atoms with Crippen LogP contribution in [0.2, 0.25) is 0 Å². The van der Waals surface area contributed by atoms with E-state index in [1.54, 1.807) is 7.11 Å². The molecule has 0 amide bonds. The fourth-order valence-corrected chi connectivity index (χ4v) is 3.11. The molecule has 5 nitrogen and oxygen atoms in total. The quantitative estimate of drug-likeness (QED) is 0.495. The lowest BCUT2D eigenvalue weighted by Gasteiger charge is -2.39. The van der Waals surface area contributed by atoms with Gasteiger partial charge in [-0.2, -0.15) is 0 Å². The van der Waals surface area contributed by atoms with Gasteiger partial charge >= 0.3 is 0 Å². The maximum atomic E-state index is 5.69. The maximum Gasteiger partial charge on any atom is 0.162 e. The molecule has 3 N–H and O–H groups in total. The summed E-state index contributed by atoms with van der Waals surface area (Å²) in [5, 5.41) is 0. The van der Waals surface area contributed by atoms with Crippen LogP contribution >= 0.6 is 0 Å². The van der Waals surface area contributed by atoms with E-state index in [1.807, 2.05) is 0 Å². The molecule has 3 rings (SSSR count). The van der Waals surface area contributed by atoms with Crippen molar-refractivity contribution in [2.24, 2.45) is 5.84 Å². The summed E-state index contributed by atoms with van der Waals surface area (Å²) in [4.78, 5) is 9.45. The van der Waals surface area contributed by atoms with Crippen molar-refractivity contribution in [3.8, 4) is 0 Å². The number of hydrazine groups is 1. The zero-order valence-electron chi connectivity index (χ0n) is 11.5. The van der Waals surface area contributed by atoms with Gasteiger partial charge in [0.05, 0.1) is 0 Å². The molecule has 1 aromatic rings. The zero-order chi connectivity index (χ0) is 13.3. The second-order valence-corrected chi connectivity index (χ2v) is 5.58. The largest absolute Gasteiger partial charge is 0.370 e. The second-order valence-electron chi connectivity index (χ2n) is 5.58. The van der Waals surface area contributed by atoms with E-state index in [1.165, 1.54) is 36.9 Å². The predicted octanol–water partition coefficient (Wildman–Crippen LogP) is 2.06. The highest BCUT2D eigenvalue weighted by molar-refractivity contribution is 5.47. The highest BCUT2D eigenvalue weighted by Crippen LogP contribution is 2.43. The van der Waals surface area contributed by atoms with Crippen LogP contribution in [0.3, 0.4) is 0 Å². The van der Waals surface area contributed by atoms with Crippen molar-refractivity contribution in [2.75, 3.05) is 12.5 Å². The second kappa shape index (κ2) is 5.06. The number of methoxy groups -OCH3 is 1. The summed E-state index contributed by atoms with van der Waals surface area (Å²) in [6.45, 7) is 0. The molecule has 0 aliphatic heterocycles. The average molecular weight is 262 g/mol. The van der Waals surface area contributed by atoms with Crippen molar-refractivity contribution in [1.29, 1.82) is 0 Å². The molecular formula is C14H22N4O. The van der Waals surface area contributed by atoms with E-state index >= 15 is 0 Å². The van der Waals surface area contributed by atoms with Gasteiger partial charge in [0.1, 0.15) is 11.4 Å². The molecule has 0 bridgehead atoms. The number of nitrogens with two attached hydrogens (primary N) is 1. The molecule has 0 aromatic carbocycles. The molecule has 104 valence electrons. The topological polar surface area (TPSA) is 73.1 Å². The lowest BCUT2D eigenvalue weighted by Crippen LogP contribution is -2.38. The Hall–Kier alpha value is -1.20. The Kier molecular flexibility index (Phi) is 3.41. The summed E-state index contributed by atoms with van der Waals surface area (Å²) >= 11 is 0. The van der Waals surface area contributed by atoms with E-state index in [2.05, 4.69) is 10.4 Å². The summed E-state index contributed by atoms with van der Waals surface area (Å²) in [6, 6.07) is 0. The molecule has 0 spiro atoms. The first-order valence-corrected chi connectivity index (χ1v) is 7.21. The van der Waals surface area contributed by atoms with Crippen LogP contribution in [-0.4, -0.2) is 17.1 Å². The number of aryl methyl sites for hydroxylation is 1. The van der Waals surface area contributed by atoms with Crippen molar-refractivity contribution in [3.05, 3.63) is 17.1 Å². The van der Waals surface area contributed by atoms with Crippen molar-refractivity contribution >= 4 is 5.82 Å². The third-order valence-electron chi connectivity index (χ3n) is 4.53. The first-order valence-electron chi connectivity index (χ1n) is 7.21. The normalized spacial score (nSPS) is 21.2. The van der Waals surface area contributed by atoms with Crippen molar-refractivity contribution in [3.63, 3.8) is 0 Å². The van der Waals surface area contributed by atoms with Gasteiger partial charge in [0.15, 0.2) is 5.82 Å². The predicted molar refractivity (Wildman–Crippen MR) is 73.6 cm³/mol. The molecule has 1 heterocycles. The molecule has 0 atom stereocenters. The number of rotatable bonds is 3. The fourth-order valence-electron chi connectivity index (χ4n) is 3.11. The van der Waals surface area contributed by atoms with Crippen LogP contribution in [0.25, 0.3) is 0 Å². The van der Waals surface area contributed by atoms with Gasteiger partial charge in [0.25, 0.3) is 0 Å². The first-order chi connectivity index (χ1) is 9.29. The number of nitrogens with one attached hydrogen (secondary N) is 1. The number of nitrogen functional groups attached to an aromatic ring is 1. The molecular weight excluding hydrogens is 240 g/mol. The molecule has 1 saturated carbocycles. The Bertz CT molecular complexity index is 465. The summed E-state index contributed by atoms with van der Waals surface area (Å²) in [7, 11) is 1.75. The lowest BCUT2D eigenvalue weighted by atomic mass is 9.79. The van der Waals surface area contributed by atoms with Gasteiger partial charge < -0.3 is 10.2 Å². The van der Waals surface area contributed by atoms with Gasteiger partial charge in [-0.3, -0.25) is 0 Å². The zero-order valence-corrected chi connectivity index (χ0v) is 11.5.